The van der Waals surface area contributed by atoms with E-state index < -0.39 is 0 Å². The van der Waals surface area contributed by atoms with Gasteiger partial charge < -0.3 is 10.6 Å². The zero-order valence-corrected chi connectivity index (χ0v) is 13.9. The molecule has 0 fully saturated rings. The lowest BCUT2D eigenvalue weighted by Crippen LogP contribution is -2.29. The van der Waals surface area contributed by atoms with Crippen molar-refractivity contribution in [2.24, 2.45) is 0 Å². The molecular weight excluding hydrogens is 315 g/mol. The van der Waals surface area contributed by atoms with Crippen molar-refractivity contribution in [3.63, 3.8) is 0 Å². The highest BCUT2D eigenvalue weighted by Gasteiger charge is 2.08. The lowest BCUT2D eigenvalue weighted by molar-refractivity contribution is -0.115. The number of carbonyl (C=O) groups excluding carboxylic acids is 1. The predicted octanol–water partition coefficient (Wildman–Crippen LogP) is 4.05. The zero-order valence-electron chi connectivity index (χ0n) is 11.5. The summed E-state index contributed by atoms with van der Waals surface area (Å²) in [6.07, 6.45) is 5.61. The van der Waals surface area contributed by atoms with Crippen molar-refractivity contribution in [1.29, 1.82) is 0 Å². The molecular formula is C14H20Cl2N2OS. The number of thioether (sulfide) groups is 1. The molecule has 0 spiro atoms. The molecule has 3 nitrogen and oxygen atoms in total. The number of hydrogen-bond donors (Lipinski definition) is 2. The molecule has 0 saturated carbocycles. The van der Waals surface area contributed by atoms with Crippen molar-refractivity contribution in [3.8, 4) is 0 Å². The van der Waals surface area contributed by atoms with Crippen LogP contribution < -0.4 is 10.6 Å². The van der Waals surface area contributed by atoms with Gasteiger partial charge in [0.2, 0.25) is 5.91 Å². The number of anilines is 1. The van der Waals surface area contributed by atoms with E-state index >= 15 is 0 Å². The van der Waals surface area contributed by atoms with E-state index in [4.69, 9.17) is 23.2 Å². The Bertz CT molecular complexity index is 409. The van der Waals surface area contributed by atoms with Crippen molar-refractivity contribution in [2.75, 3.05) is 30.4 Å². The number of amides is 1. The average molecular weight is 335 g/mol. The first kappa shape index (κ1) is 17.6. The summed E-state index contributed by atoms with van der Waals surface area (Å²) in [7, 11) is 0. The molecule has 0 saturated heterocycles. The van der Waals surface area contributed by atoms with E-state index in [1.807, 2.05) is 11.8 Å². The number of nitrogens with one attached hydrogen (secondary N) is 2. The highest BCUT2D eigenvalue weighted by atomic mass is 35.5. The van der Waals surface area contributed by atoms with Gasteiger partial charge in [-0.15, -0.1) is 0 Å². The summed E-state index contributed by atoms with van der Waals surface area (Å²) in [6.45, 7) is 1.11. The van der Waals surface area contributed by atoms with E-state index in [1.165, 1.54) is 18.6 Å². The van der Waals surface area contributed by atoms with Crippen molar-refractivity contribution in [3.05, 3.63) is 28.2 Å². The lowest BCUT2D eigenvalue weighted by Gasteiger charge is -2.09. The Hall–Kier alpha value is -0.420. The SMILES string of the molecule is CSCCCCCNCC(=O)Nc1c(Cl)cccc1Cl. The minimum Gasteiger partial charge on any atom is -0.322 e. The van der Waals surface area contributed by atoms with E-state index in [0.717, 1.165) is 13.0 Å². The molecule has 1 rings (SSSR count). The van der Waals surface area contributed by atoms with E-state index in [-0.39, 0.29) is 12.5 Å². The van der Waals surface area contributed by atoms with Gasteiger partial charge in [-0.1, -0.05) is 35.7 Å². The molecule has 2 N–H and O–H groups in total. The van der Waals surface area contributed by atoms with Gasteiger partial charge in [0.05, 0.1) is 22.3 Å². The van der Waals surface area contributed by atoms with E-state index in [0.29, 0.717) is 15.7 Å². The van der Waals surface area contributed by atoms with Gasteiger partial charge in [-0.2, -0.15) is 11.8 Å². The Kier molecular flexibility index (Phi) is 9.10. The Labute approximate surface area is 134 Å². The Morgan fingerprint density at radius 2 is 1.90 bits per heavy atom. The Morgan fingerprint density at radius 1 is 1.20 bits per heavy atom. The summed E-state index contributed by atoms with van der Waals surface area (Å²) in [5, 5.41) is 6.73. The monoisotopic (exact) mass is 334 g/mol. The first-order valence-corrected chi connectivity index (χ1v) is 8.73. The Balaban J connectivity index is 2.21. The zero-order chi connectivity index (χ0) is 14.8. The van der Waals surface area contributed by atoms with Crippen LogP contribution in [-0.2, 0) is 4.79 Å². The van der Waals surface area contributed by atoms with Gasteiger partial charge in [0.25, 0.3) is 0 Å². The average Bonchev–Trinajstić information content (AvgIpc) is 2.42. The fourth-order valence-corrected chi connectivity index (χ4v) is 2.66. The second-order valence-corrected chi connectivity index (χ2v) is 6.18. The molecule has 0 aliphatic carbocycles. The molecule has 0 aliphatic rings. The number of unbranched alkanes of at least 4 members (excludes halogenated alkanes) is 2. The maximum Gasteiger partial charge on any atom is 0.238 e. The quantitative estimate of drug-likeness (QED) is 0.669. The van der Waals surface area contributed by atoms with Gasteiger partial charge in [-0.25, -0.2) is 0 Å². The summed E-state index contributed by atoms with van der Waals surface area (Å²) in [5.74, 6) is 1.06. The number of rotatable bonds is 9. The van der Waals surface area contributed by atoms with Crippen LogP contribution in [0.2, 0.25) is 10.0 Å². The highest BCUT2D eigenvalue weighted by Crippen LogP contribution is 2.29. The van der Waals surface area contributed by atoms with Crippen molar-refractivity contribution < 1.29 is 4.79 Å². The summed E-state index contributed by atoms with van der Waals surface area (Å²) in [4.78, 5) is 11.8. The van der Waals surface area contributed by atoms with Crippen LogP contribution in [0.25, 0.3) is 0 Å². The largest absolute Gasteiger partial charge is 0.322 e. The summed E-state index contributed by atoms with van der Waals surface area (Å²) in [6, 6.07) is 5.14. The lowest BCUT2D eigenvalue weighted by atomic mass is 10.2. The molecule has 0 radical (unpaired) electrons. The van der Waals surface area contributed by atoms with Crippen molar-refractivity contribution >= 4 is 46.6 Å². The fourth-order valence-electron chi connectivity index (χ4n) is 1.68. The van der Waals surface area contributed by atoms with Gasteiger partial charge in [-0.05, 0) is 43.5 Å². The third-order valence-corrected chi connectivity index (χ3v) is 4.04. The van der Waals surface area contributed by atoms with Crippen LogP contribution in [-0.4, -0.2) is 31.0 Å². The number of benzene rings is 1. The van der Waals surface area contributed by atoms with Crippen LogP contribution in [0.3, 0.4) is 0 Å². The normalized spacial score (nSPS) is 10.6. The van der Waals surface area contributed by atoms with Crippen LogP contribution in [0.5, 0.6) is 0 Å². The van der Waals surface area contributed by atoms with Gasteiger partial charge >= 0.3 is 0 Å². The number of carbonyl (C=O) groups is 1. The van der Waals surface area contributed by atoms with Gasteiger partial charge in [0, 0.05) is 0 Å². The predicted molar refractivity (Wildman–Crippen MR) is 90.2 cm³/mol. The van der Waals surface area contributed by atoms with E-state index in [9.17, 15) is 4.79 Å². The van der Waals surface area contributed by atoms with Crippen LogP contribution in [0.4, 0.5) is 5.69 Å². The molecule has 1 aromatic rings. The van der Waals surface area contributed by atoms with Gasteiger partial charge in [0.1, 0.15) is 0 Å². The summed E-state index contributed by atoms with van der Waals surface area (Å²) < 4.78 is 0. The number of para-hydroxylation sites is 1. The molecule has 112 valence electrons. The minimum atomic E-state index is -0.135. The number of halogens is 2. The van der Waals surface area contributed by atoms with Crippen LogP contribution >= 0.6 is 35.0 Å². The maximum atomic E-state index is 11.8. The summed E-state index contributed by atoms with van der Waals surface area (Å²) in [5.41, 5.74) is 0.475. The fraction of sp³-hybridized carbons (Fsp3) is 0.500. The first-order valence-electron chi connectivity index (χ1n) is 6.58. The molecule has 0 unspecified atom stereocenters. The second kappa shape index (κ2) is 10.3. The standard InChI is InChI=1S/C14H20Cl2N2OS/c1-20-9-4-2-3-8-17-10-13(19)18-14-11(15)6-5-7-12(14)16/h5-7,17H,2-4,8-10H2,1H3,(H,18,19). The van der Waals surface area contributed by atoms with E-state index in [2.05, 4.69) is 16.9 Å². The molecule has 0 bridgehead atoms. The summed E-state index contributed by atoms with van der Waals surface area (Å²) >= 11 is 13.8. The van der Waals surface area contributed by atoms with Gasteiger partial charge in [-0.3, -0.25) is 4.79 Å². The van der Waals surface area contributed by atoms with Gasteiger partial charge in [0.15, 0.2) is 0 Å². The third-order valence-electron chi connectivity index (χ3n) is 2.71. The second-order valence-electron chi connectivity index (χ2n) is 4.38. The van der Waals surface area contributed by atoms with Crippen molar-refractivity contribution in [1.82, 2.24) is 5.32 Å². The molecule has 0 aromatic heterocycles. The molecule has 20 heavy (non-hydrogen) atoms. The topological polar surface area (TPSA) is 41.1 Å². The molecule has 0 heterocycles. The minimum absolute atomic E-state index is 0.135. The van der Waals surface area contributed by atoms with Crippen LogP contribution in [0.1, 0.15) is 19.3 Å². The molecule has 0 atom stereocenters. The molecule has 0 aliphatic heterocycles. The molecule has 1 aromatic carbocycles. The highest BCUT2D eigenvalue weighted by molar-refractivity contribution is 7.98. The molecule has 1 amide bonds. The maximum absolute atomic E-state index is 11.8. The molecule has 6 heteroatoms. The first-order chi connectivity index (χ1) is 9.65. The van der Waals surface area contributed by atoms with Crippen LogP contribution in [0.15, 0.2) is 18.2 Å². The van der Waals surface area contributed by atoms with Crippen LogP contribution in [0, 0.1) is 0 Å². The van der Waals surface area contributed by atoms with E-state index in [1.54, 1.807) is 18.2 Å². The van der Waals surface area contributed by atoms with Crippen molar-refractivity contribution in [2.45, 2.75) is 19.3 Å². The Morgan fingerprint density at radius 3 is 2.55 bits per heavy atom. The smallest absolute Gasteiger partial charge is 0.238 e. The number of hydrogen-bond acceptors (Lipinski definition) is 3. The third kappa shape index (κ3) is 6.84.